The minimum Gasteiger partial charge on any atom is -0.506 e. The molecule has 0 aliphatic carbocycles. The van der Waals surface area contributed by atoms with Gasteiger partial charge in [0.1, 0.15) is 27.9 Å². The average Bonchev–Trinajstić information content (AvgIpc) is 3.14. The highest BCUT2D eigenvalue weighted by Gasteiger charge is 2.33. The number of benzene rings is 2. The molecule has 9 heteroatoms. The van der Waals surface area contributed by atoms with Crippen molar-refractivity contribution in [1.29, 1.82) is 0 Å². The van der Waals surface area contributed by atoms with E-state index in [0.717, 1.165) is 11.8 Å². The molecule has 0 saturated carbocycles. The molecule has 0 bridgehead atoms. The van der Waals surface area contributed by atoms with E-state index in [1.165, 1.54) is 7.11 Å². The first-order valence-corrected chi connectivity index (χ1v) is 11.4. The topological polar surface area (TPSA) is 104 Å². The molecule has 1 N–H and O–H groups in total. The van der Waals surface area contributed by atoms with Gasteiger partial charge in [-0.2, -0.15) is 0 Å². The second-order valence-corrected chi connectivity index (χ2v) is 7.83. The molecule has 1 aliphatic rings. The minimum atomic E-state index is -0.671. The summed E-state index contributed by atoms with van der Waals surface area (Å²) in [5.74, 6) is -0.302. The van der Waals surface area contributed by atoms with Crippen molar-refractivity contribution < 1.29 is 33.6 Å². The first kappa shape index (κ1) is 24.9. The number of aliphatic imine (C=N–C) groups is 1. The maximum absolute atomic E-state index is 12.6. The number of rotatable bonds is 9. The van der Waals surface area contributed by atoms with Crippen LogP contribution in [-0.4, -0.2) is 49.0 Å². The van der Waals surface area contributed by atoms with Crippen molar-refractivity contribution in [3.8, 4) is 11.5 Å². The number of thioether (sulfide) groups is 1. The number of carbonyl (C=O) groups is 2. The van der Waals surface area contributed by atoms with Gasteiger partial charge in [-0.1, -0.05) is 30.0 Å². The minimum absolute atomic E-state index is 0.0139. The molecule has 2 aromatic rings. The molecular weight excluding hydrogens is 458 g/mol. The van der Waals surface area contributed by atoms with Crippen LogP contribution in [0.2, 0.25) is 0 Å². The van der Waals surface area contributed by atoms with Crippen LogP contribution in [0.5, 0.6) is 11.5 Å². The third-order valence-electron chi connectivity index (χ3n) is 4.53. The standard InChI is InChI=1S/C25H25NO7S/c1-4-31-18-12-10-17(11-13-18)26-24-22(25(29)32-5-2)23(28)20(34-24)14-16-8-6-7-9-19(16)33-15-21(27)30-3/h6-14,28H,4-5,15H2,1-3H3/b20-14+,26-24?. The van der Waals surface area contributed by atoms with Gasteiger partial charge in [0, 0.05) is 5.56 Å². The van der Waals surface area contributed by atoms with Crippen molar-refractivity contribution in [1.82, 2.24) is 0 Å². The predicted octanol–water partition coefficient (Wildman–Crippen LogP) is 4.83. The highest BCUT2D eigenvalue weighted by atomic mass is 32.2. The van der Waals surface area contributed by atoms with E-state index in [0.29, 0.717) is 39.3 Å². The Hall–Kier alpha value is -3.72. The van der Waals surface area contributed by atoms with Gasteiger partial charge in [-0.15, -0.1) is 0 Å². The monoisotopic (exact) mass is 483 g/mol. The molecule has 8 nitrogen and oxygen atoms in total. The lowest BCUT2D eigenvalue weighted by molar-refractivity contribution is -0.143. The van der Waals surface area contributed by atoms with Gasteiger partial charge >= 0.3 is 11.9 Å². The van der Waals surface area contributed by atoms with Crippen molar-refractivity contribution >= 4 is 40.5 Å². The SMILES string of the molecule is CCOC(=O)C1=C(O)/C(=C\c2ccccc2OCC(=O)OC)SC1=Nc1ccc(OCC)cc1. The third kappa shape index (κ3) is 6.20. The zero-order valence-corrected chi connectivity index (χ0v) is 19.9. The molecule has 0 aromatic heterocycles. The lowest BCUT2D eigenvalue weighted by Crippen LogP contribution is -2.13. The van der Waals surface area contributed by atoms with Crippen LogP contribution in [0.1, 0.15) is 19.4 Å². The van der Waals surface area contributed by atoms with Gasteiger partial charge in [-0.25, -0.2) is 14.6 Å². The van der Waals surface area contributed by atoms with Crippen LogP contribution in [0.25, 0.3) is 6.08 Å². The molecule has 0 amide bonds. The summed E-state index contributed by atoms with van der Waals surface area (Å²) in [4.78, 5) is 29.0. The molecule has 3 rings (SSSR count). The lowest BCUT2D eigenvalue weighted by Gasteiger charge is -2.08. The summed E-state index contributed by atoms with van der Waals surface area (Å²) < 4.78 is 20.7. The zero-order valence-electron chi connectivity index (χ0n) is 19.1. The third-order valence-corrected chi connectivity index (χ3v) is 5.55. The summed E-state index contributed by atoms with van der Waals surface area (Å²) >= 11 is 1.13. The predicted molar refractivity (Wildman–Crippen MR) is 131 cm³/mol. The van der Waals surface area contributed by atoms with Gasteiger partial charge in [0.05, 0.1) is 30.9 Å². The second kappa shape index (κ2) is 11.9. The average molecular weight is 484 g/mol. The molecule has 0 atom stereocenters. The first-order chi connectivity index (χ1) is 16.5. The van der Waals surface area contributed by atoms with Crippen molar-refractivity contribution in [3.05, 3.63) is 70.3 Å². The number of aliphatic hydroxyl groups is 1. The molecule has 0 fully saturated rings. The van der Waals surface area contributed by atoms with Gasteiger partial charge in [0.25, 0.3) is 0 Å². The second-order valence-electron chi connectivity index (χ2n) is 6.80. The molecule has 1 heterocycles. The first-order valence-electron chi connectivity index (χ1n) is 10.6. The maximum Gasteiger partial charge on any atom is 0.344 e. The number of esters is 2. The van der Waals surface area contributed by atoms with E-state index >= 15 is 0 Å². The van der Waals surface area contributed by atoms with Gasteiger partial charge in [-0.05, 0) is 50.3 Å². The Morgan fingerprint density at radius 1 is 1.03 bits per heavy atom. The Morgan fingerprint density at radius 2 is 1.76 bits per heavy atom. The Kier molecular flexibility index (Phi) is 8.75. The van der Waals surface area contributed by atoms with Crippen molar-refractivity contribution in [2.45, 2.75) is 13.8 Å². The Morgan fingerprint density at radius 3 is 2.44 bits per heavy atom. The molecule has 2 aromatic carbocycles. The van der Waals surface area contributed by atoms with E-state index in [4.69, 9.17) is 14.2 Å². The van der Waals surface area contributed by atoms with Crippen LogP contribution >= 0.6 is 11.8 Å². The Labute approximate surface area is 201 Å². The highest BCUT2D eigenvalue weighted by molar-refractivity contribution is 8.18. The fourth-order valence-electron chi connectivity index (χ4n) is 2.96. The van der Waals surface area contributed by atoms with Gasteiger partial charge in [0.2, 0.25) is 0 Å². The molecule has 34 heavy (non-hydrogen) atoms. The Balaban J connectivity index is 1.96. The van der Waals surface area contributed by atoms with Gasteiger partial charge in [-0.3, -0.25) is 0 Å². The Bertz CT molecular complexity index is 1140. The number of para-hydroxylation sites is 1. The fourth-order valence-corrected chi connectivity index (χ4v) is 3.99. The summed E-state index contributed by atoms with van der Waals surface area (Å²) in [6.45, 7) is 4.03. The number of methoxy groups -OCH3 is 1. The number of hydrogen-bond acceptors (Lipinski definition) is 9. The summed E-state index contributed by atoms with van der Waals surface area (Å²) in [6, 6.07) is 14.1. The number of hydrogen-bond donors (Lipinski definition) is 1. The molecule has 0 radical (unpaired) electrons. The van der Waals surface area contributed by atoms with E-state index in [1.54, 1.807) is 61.5 Å². The normalized spacial score (nSPS) is 15.5. The summed E-state index contributed by atoms with van der Waals surface area (Å²) in [6.07, 6.45) is 1.66. The number of carbonyl (C=O) groups excluding carboxylic acids is 2. The molecule has 0 spiro atoms. The summed E-state index contributed by atoms with van der Waals surface area (Å²) in [7, 11) is 1.28. The lowest BCUT2D eigenvalue weighted by atomic mass is 10.1. The van der Waals surface area contributed by atoms with E-state index < -0.39 is 11.9 Å². The van der Waals surface area contributed by atoms with Crippen molar-refractivity contribution in [2.24, 2.45) is 4.99 Å². The molecule has 1 aliphatic heterocycles. The van der Waals surface area contributed by atoms with E-state index in [-0.39, 0.29) is 24.5 Å². The zero-order chi connectivity index (χ0) is 24.5. The van der Waals surface area contributed by atoms with Crippen LogP contribution in [0, 0.1) is 0 Å². The smallest absolute Gasteiger partial charge is 0.344 e. The highest BCUT2D eigenvalue weighted by Crippen LogP contribution is 2.41. The summed E-state index contributed by atoms with van der Waals surface area (Å²) in [5.41, 5.74) is 1.18. The van der Waals surface area contributed by atoms with Crippen molar-refractivity contribution in [2.75, 3.05) is 26.9 Å². The maximum atomic E-state index is 12.6. The van der Waals surface area contributed by atoms with Gasteiger partial charge < -0.3 is 24.1 Å². The number of aliphatic hydroxyl groups excluding tert-OH is 1. The van der Waals surface area contributed by atoms with Gasteiger partial charge in [0.15, 0.2) is 6.61 Å². The molecule has 178 valence electrons. The summed E-state index contributed by atoms with van der Waals surface area (Å²) in [5, 5.41) is 11.2. The number of nitrogens with zero attached hydrogens (tertiary/aromatic N) is 1. The van der Waals surface area contributed by atoms with E-state index in [1.807, 2.05) is 6.92 Å². The largest absolute Gasteiger partial charge is 0.506 e. The van der Waals surface area contributed by atoms with Crippen molar-refractivity contribution in [3.63, 3.8) is 0 Å². The molecule has 0 saturated heterocycles. The fraction of sp³-hybridized carbons (Fsp3) is 0.240. The van der Waals surface area contributed by atoms with Crippen LogP contribution < -0.4 is 9.47 Å². The van der Waals surface area contributed by atoms with E-state index in [2.05, 4.69) is 9.73 Å². The molecular formula is C25H25NO7S. The van der Waals surface area contributed by atoms with Crippen LogP contribution in [0.4, 0.5) is 5.69 Å². The van der Waals surface area contributed by atoms with Crippen LogP contribution in [-0.2, 0) is 19.1 Å². The van der Waals surface area contributed by atoms with Crippen LogP contribution in [0.3, 0.4) is 0 Å². The quantitative estimate of drug-likeness (QED) is 0.506. The number of ether oxygens (including phenoxy) is 4. The van der Waals surface area contributed by atoms with Crippen LogP contribution in [0.15, 0.2) is 69.8 Å². The molecule has 0 unspecified atom stereocenters. The van der Waals surface area contributed by atoms with E-state index in [9.17, 15) is 14.7 Å².